The molecule has 0 radical (unpaired) electrons. The number of carbonyl (C=O) groups excluding carboxylic acids is 1. The maximum atomic E-state index is 12.1. The van der Waals surface area contributed by atoms with Crippen LogP contribution in [0.3, 0.4) is 0 Å². The highest BCUT2D eigenvalue weighted by Gasteiger charge is 2.18. The van der Waals surface area contributed by atoms with Crippen LogP contribution < -0.4 is 15.8 Å². The van der Waals surface area contributed by atoms with E-state index < -0.39 is 4.92 Å². The Labute approximate surface area is 123 Å². The van der Waals surface area contributed by atoms with Crippen molar-refractivity contribution in [3.05, 3.63) is 33.9 Å². The summed E-state index contributed by atoms with van der Waals surface area (Å²) in [7, 11) is 1.33. The molecule has 0 saturated carbocycles. The molecule has 0 aliphatic rings. The van der Waals surface area contributed by atoms with E-state index in [-0.39, 0.29) is 23.4 Å². The van der Waals surface area contributed by atoms with E-state index in [1.165, 1.54) is 25.3 Å². The average molecular weight is 295 g/mol. The quantitative estimate of drug-likeness (QED) is 0.562. The van der Waals surface area contributed by atoms with Gasteiger partial charge in [-0.25, -0.2) is 0 Å². The van der Waals surface area contributed by atoms with Crippen LogP contribution in [0.5, 0.6) is 5.75 Å². The number of rotatable bonds is 8. The third-order valence-corrected chi connectivity index (χ3v) is 3.16. The van der Waals surface area contributed by atoms with Crippen LogP contribution in [0.2, 0.25) is 0 Å². The van der Waals surface area contributed by atoms with E-state index in [0.29, 0.717) is 12.1 Å². The Kier molecular flexibility index (Phi) is 6.61. The highest BCUT2D eigenvalue weighted by Crippen LogP contribution is 2.27. The van der Waals surface area contributed by atoms with Crippen LogP contribution >= 0.6 is 0 Å². The summed E-state index contributed by atoms with van der Waals surface area (Å²) < 4.78 is 4.95. The smallest absolute Gasteiger partial charge is 0.310 e. The molecule has 1 atom stereocenters. The molecule has 1 unspecified atom stereocenters. The Balaban J connectivity index is 2.84. The number of hydrogen-bond donors (Lipinski definition) is 2. The van der Waals surface area contributed by atoms with Gasteiger partial charge in [-0.15, -0.1) is 0 Å². The summed E-state index contributed by atoms with van der Waals surface area (Å²) in [6, 6.07) is 3.93. The summed E-state index contributed by atoms with van der Waals surface area (Å²) in [6.45, 7) is 2.42. The standard InChI is InChI=1S/C14H21N3O4/c1-3-4-5-11(9-15)16-14(18)10-6-7-12(17(19)20)13(8-10)21-2/h6-8,11H,3-5,9,15H2,1-2H3,(H,16,18). The Bertz CT molecular complexity index is 505. The van der Waals surface area contributed by atoms with Crippen molar-refractivity contribution in [3.8, 4) is 5.75 Å². The monoisotopic (exact) mass is 295 g/mol. The van der Waals surface area contributed by atoms with Crippen LogP contribution in [0.1, 0.15) is 36.5 Å². The zero-order chi connectivity index (χ0) is 15.8. The van der Waals surface area contributed by atoms with E-state index in [0.717, 1.165) is 19.3 Å². The number of nitrogens with one attached hydrogen (secondary N) is 1. The molecule has 3 N–H and O–H groups in total. The number of amides is 1. The molecule has 1 aromatic rings. The van der Waals surface area contributed by atoms with Gasteiger partial charge in [0, 0.05) is 30.3 Å². The molecule has 0 aromatic heterocycles. The lowest BCUT2D eigenvalue weighted by Crippen LogP contribution is -2.40. The van der Waals surface area contributed by atoms with Crippen molar-refractivity contribution in [1.29, 1.82) is 0 Å². The summed E-state index contributed by atoms with van der Waals surface area (Å²) in [4.78, 5) is 22.4. The second-order valence-electron chi connectivity index (χ2n) is 4.69. The number of nitrogens with two attached hydrogens (primary N) is 1. The van der Waals surface area contributed by atoms with Gasteiger partial charge in [0.15, 0.2) is 5.75 Å². The van der Waals surface area contributed by atoms with Crippen LogP contribution in [0, 0.1) is 10.1 Å². The van der Waals surface area contributed by atoms with Gasteiger partial charge in [-0.1, -0.05) is 19.8 Å². The van der Waals surface area contributed by atoms with Crippen molar-refractivity contribution in [3.63, 3.8) is 0 Å². The number of methoxy groups -OCH3 is 1. The first-order chi connectivity index (χ1) is 10.0. The summed E-state index contributed by atoms with van der Waals surface area (Å²) in [5.74, 6) is -0.250. The molecule has 0 aliphatic heterocycles. The molecule has 0 bridgehead atoms. The minimum atomic E-state index is -0.551. The fraction of sp³-hybridized carbons (Fsp3) is 0.500. The van der Waals surface area contributed by atoms with Gasteiger partial charge in [0.1, 0.15) is 0 Å². The lowest BCUT2D eigenvalue weighted by atomic mass is 10.1. The zero-order valence-electron chi connectivity index (χ0n) is 12.3. The maximum absolute atomic E-state index is 12.1. The lowest BCUT2D eigenvalue weighted by Gasteiger charge is -2.16. The molecule has 1 amide bonds. The van der Waals surface area contributed by atoms with E-state index in [9.17, 15) is 14.9 Å². The second-order valence-corrected chi connectivity index (χ2v) is 4.69. The predicted octanol–water partition coefficient (Wildman–Crippen LogP) is 1.85. The number of carbonyl (C=O) groups is 1. The molecule has 0 spiro atoms. The number of nitro groups is 1. The summed E-state index contributed by atoms with van der Waals surface area (Å²) in [6.07, 6.45) is 2.81. The fourth-order valence-electron chi connectivity index (χ4n) is 1.94. The van der Waals surface area contributed by atoms with Crippen molar-refractivity contribution in [2.75, 3.05) is 13.7 Å². The normalized spacial score (nSPS) is 11.8. The van der Waals surface area contributed by atoms with Gasteiger partial charge in [-0.3, -0.25) is 14.9 Å². The molecular weight excluding hydrogens is 274 g/mol. The second kappa shape index (κ2) is 8.21. The number of ether oxygens (including phenoxy) is 1. The maximum Gasteiger partial charge on any atom is 0.310 e. The minimum absolute atomic E-state index is 0.0607. The fourth-order valence-corrected chi connectivity index (χ4v) is 1.94. The van der Waals surface area contributed by atoms with Crippen LogP contribution in [0.15, 0.2) is 18.2 Å². The zero-order valence-corrected chi connectivity index (χ0v) is 12.3. The first kappa shape index (κ1) is 16.9. The van der Waals surface area contributed by atoms with E-state index in [1.807, 2.05) is 0 Å². The lowest BCUT2D eigenvalue weighted by molar-refractivity contribution is -0.385. The molecular formula is C14H21N3O4. The molecule has 0 saturated heterocycles. The summed E-state index contributed by atoms with van der Waals surface area (Å²) in [5.41, 5.74) is 5.77. The molecule has 7 nitrogen and oxygen atoms in total. The predicted molar refractivity (Wildman–Crippen MR) is 79.5 cm³/mol. The number of nitro benzene ring substituents is 1. The topological polar surface area (TPSA) is 107 Å². The van der Waals surface area contributed by atoms with Gasteiger partial charge in [-0.2, -0.15) is 0 Å². The van der Waals surface area contributed by atoms with Crippen molar-refractivity contribution in [1.82, 2.24) is 5.32 Å². The molecule has 1 aromatic carbocycles. The van der Waals surface area contributed by atoms with E-state index in [2.05, 4.69) is 12.2 Å². The Morgan fingerprint density at radius 3 is 2.76 bits per heavy atom. The van der Waals surface area contributed by atoms with Gasteiger partial charge in [0.05, 0.1) is 12.0 Å². The number of unbranched alkanes of at least 4 members (excludes halogenated alkanes) is 1. The number of hydrogen-bond acceptors (Lipinski definition) is 5. The van der Waals surface area contributed by atoms with Crippen molar-refractivity contribution < 1.29 is 14.5 Å². The van der Waals surface area contributed by atoms with E-state index >= 15 is 0 Å². The molecule has 21 heavy (non-hydrogen) atoms. The van der Waals surface area contributed by atoms with Crippen LogP contribution in [0.25, 0.3) is 0 Å². The van der Waals surface area contributed by atoms with E-state index in [4.69, 9.17) is 10.5 Å². The Morgan fingerprint density at radius 2 is 2.24 bits per heavy atom. The van der Waals surface area contributed by atoms with Gasteiger partial charge in [0.2, 0.25) is 0 Å². The average Bonchev–Trinajstić information content (AvgIpc) is 2.50. The van der Waals surface area contributed by atoms with Crippen LogP contribution in [-0.2, 0) is 0 Å². The van der Waals surface area contributed by atoms with Gasteiger partial charge < -0.3 is 15.8 Å². The van der Waals surface area contributed by atoms with Gasteiger partial charge in [0.25, 0.3) is 5.91 Å². The first-order valence-corrected chi connectivity index (χ1v) is 6.86. The Hall–Kier alpha value is -2.15. The van der Waals surface area contributed by atoms with Crippen molar-refractivity contribution >= 4 is 11.6 Å². The largest absolute Gasteiger partial charge is 0.490 e. The Morgan fingerprint density at radius 1 is 1.52 bits per heavy atom. The molecule has 0 aliphatic carbocycles. The minimum Gasteiger partial charge on any atom is -0.490 e. The molecule has 1 rings (SSSR count). The van der Waals surface area contributed by atoms with Crippen molar-refractivity contribution in [2.24, 2.45) is 5.73 Å². The molecule has 116 valence electrons. The van der Waals surface area contributed by atoms with E-state index in [1.54, 1.807) is 0 Å². The summed E-state index contributed by atoms with van der Waals surface area (Å²) in [5, 5.41) is 13.6. The highest BCUT2D eigenvalue weighted by molar-refractivity contribution is 5.95. The molecule has 0 heterocycles. The molecule has 7 heteroatoms. The van der Waals surface area contributed by atoms with Crippen LogP contribution in [0.4, 0.5) is 5.69 Å². The highest BCUT2D eigenvalue weighted by atomic mass is 16.6. The first-order valence-electron chi connectivity index (χ1n) is 6.86. The van der Waals surface area contributed by atoms with Crippen LogP contribution in [-0.4, -0.2) is 30.5 Å². The third-order valence-electron chi connectivity index (χ3n) is 3.16. The molecule has 0 fully saturated rings. The SMILES string of the molecule is CCCCC(CN)NC(=O)c1ccc([N+](=O)[O-])c(OC)c1. The summed E-state index contributed by atoms with van der Waals surface area (Å²) >= 11 is 0. The van der Waals surface area contributed by atoms with Crippen molar-refractivity contribution in [2.45, 2.75) is 32.2 Å². The number of benzene rings is 1. The number of nitrogens with zero attached hydrogens (tertiary/aromatic N) is 1. The third kappa shape index (κ3) is 4.71. The van der Waals surface area contributed by atoms with Gasteiger partial charge >= 0.3 is 5.69 Å². The van der Waals surface area contributed by atoms with Gasteiger partial charge in [-0.05, 0) is 12.5 Å².